The quantitative estimate of drug-likeness (QED) is 0.780. The maximum Gasteiger partial charge on any atom is 0.303 e. The summed E-state index contributed by atoms with van der Waals surface area (Å²) in [4.78, 5) is 15.5. The molecule has 2 unspecified atom stereocenters. The van der Waals surface area contributed by atoms with Gasteiger partial charge in [-0.2, -0.15) is 0 Å². The zero-order valence-corrected chi connectivity index (χ0v) is 14.2. The van der Waals surface area contributed by atoms with Crippen LogP contribution in [0.25, 0.3) is 0 Å². The maximum atomic E-state index is 10.5. The van der Waals surface area contributed by atoms with Gasteiger partial charge in [-0.1, -0.05) is 0 Å². The summed E-state index contributed by atoms with van der Waals surface area (Å²) < 4.78 is 5.79. The number of carbonyl (C=O) groups is 1. The maximum absolute atomic E-state index is 10.5. The van der Waals surface area contributed by atoms with Crippen molar-refractivity contribution in [1.82, 2.24) is 9.80 Å². The molecule has 0 aromatic heterocycles. The molecule has 1 N–H and O–H groups in total. The monoisotopic (exact) mass is 312 g/mol. The number of hydrogen-bond acceptors (Lipinski definition) is 4. The average Bonchev–Trinajstić information content (AvgIpc) is 2.45. The Hall–Kier alpha value is -0.650. The minimum atomic E-state index is -0.677. The van der Waals surface area contributed by atoms with Crippen molar-refractivity contribution in [3.05, 3.63) is 0 Å². The number of rotatable bonds is 7. The summed E-state index contributed by atoms with van der Waals surface area (Å²) in [7, 11) is 0. The van der Waals surface area contributed by atoms with Crippen LogP contribution in [-0.4, -0.2) is 72.4 Å². The standard InChI is InChI=1S/C17H32N2O3/c1-14-12-19(13-15(2)22-14)11-7-16-5-9-18(10-6-16)8-3-4-17(20)21/h14-16H,3-13H2,1-2H3,(H,20,21). The summed E-state index contributed by atoms with van der Waals surface area (Å²) in [5.74, 6) is 0.160. The molecule has 5 heteroatoms. The second-order valence-corrected chi connectivity index (χ2v) is 7.09. The van der Waals surface area contributed by atoms with E-state index in [1.165, 1.54) is 25.8 Å². The normalized spacial score (nSPS) is 28.8. The highest BCUT2D eigenvalue weighted by Gasteiger charge is 2.24. The van der Waals surface area contributed by atoms with Crippen LogP contribution < -0.4 is 0 Å². The highest BCUT2D eigenvalue weighted by Crippen LogP contribution is 2.22. The van der Waals surface area contributed by atoms with Gasteiger partial charge in [0.1, 0.15) is 0 Å². The molecular weight excluding hydrogens is 280 g/mol. The van der Waals surface area contributed by atoms with Crippen molar-refractivity contribution in [3.63, 3.8) is 0 Å². The fourth-order valence-electron chi connectivity index (χ4n) is 3.78. The lowest BCUT2D eigenvalue weighted by Gasteiger charge is -2.37. The number of carboxylic acid groups (broad SMARTS) is 1. The Bertz CT molecular complexity index is 333. The highest BCUT2D eigenvalue weighted by atomic mass is 16.5. The molecule has 2 heterocycles. The number of morpholine rings is 1. The number of aliphatic carboxylic acids is 1. The Morgan fingerprint density at radius 2 is 1.73 bits per heavy atom. The van der Waals surface area contributed by atoms with Crippen LogP contribution in [0.5, 0.6) is 0 Å². The van der Waals surface area contributed by atoms with Gasteiger partial charge in [-0.15, -0.1) is 0 Å². The van der Waals surface area contributed by atoms with E-state index in [9.17, 15) is 4.79 Å². The van der Waals surface area contributed by atoms with Crippen LogP contribution in [0.15, 0.2) is 0 Å². The number of hydrogen-bond donors (Lipinski definition) is 1. The van der Waals surface area contributed by atoms with Gasteiger partial charge in [-0.25, -0.2) is 0 Å². The lowest BCUT2D eigenvalue weighted by atomic mass is 9.93. The molecule has 0 spiro atoms. The van der Waals surface area contributed by atoms with Crippen molar-refractivity contribution in [2.75, 3.05) is 39.3 Å². The van der Waals surface area contributed by atoms with Crippen LogP contribution in [0, 0.1) is 5.92 Å². The van der Waals surface area contributed by atoms with Gasteiger partial charge in [0.2, 0.25) is 0 Å². The first kappa shape index (κ1) is 17.7. The van der Waals surface area contributed by atoms with Crippen LogP contribution in [0.2, 0.25) is 0 Å². The van der Waals surface area contributed by atoms with E-state index in [-0.39, 0.29) is 0 Å². The molecular formula is C17H32N2O3. The van der Waals surface area contributed by atoms with E-state index in [2.05, 4.69) is 23.6 Å². The number of nitrogens with zero attached hydrogens (tertiary/aromatic N) is 2. The summed E-state index contributed by atoms with van der Waals surface area (Å²) in [6.45, 7) is 10.9. The number of ether oxygens (including phenoxy) is 1. The summed E-state index contributed by atoms with van der Waals surface area (Å²) in [6, 6.07) is 0. The smallest absolute Gasteiger partial charge is 0.303 e. The van der Waals surface area contributed by atoms with E-state index < -0.39 is 5.97 Å². The van der Waals surface area contributed by atoms with Gasteiger partial charge in [0, 0.05) is 19.5 Å². The van der Waals surface area contributed by atoms with Crippen molar-refractivity contribution in [1.29, 1.82) is 0 Å². The second kappa shape index (κ2) is 8.85. The van der Waals surface area contributed by atoms with E-state index in [0.29, 0.717) is 18.6 Å². The van der Waals surface area contributed by atoms with Gasteiger partial charge in [-0.05, 0) is 71.6 Å². The van der Waals surface area contributed by atoms with E-state index in [4.69, 9.17) is 9.84 Å². The van der Waals surface area contributed by atoms with Crippen molar-refractivity contribution < 1.29 is 14.6 Å². The molecule has 2 saturated heterocycles. The predicted molar refractivity (Wildman–Crippen MR) is 87.1 cm³/mol. The molecule has 128 valence electrons. The molecule has 2 rings (SSSR count). The summed E-state index contributed by atoms with van der Waals surface area (Å²) >= 11 is 0. The zero-order chi connectivity index (χ0) is 15.9. The van der Waals surface area contributed by atoms with E-state index in [1.807, 2.05) is 0 Å². The van der Waals surface area contributed by atoms with Gasteiger partial charge in [0.05, 0.1) is 12.2 Å². The molecule has 0 aliphatic carbocycles. The molecule has 0 radical (unpaired) electrons. The van der Waals surface area contributed by atoms with Crippen LogP contribution in [0.1, 0.15) is 46.0 Å². The molecule has 2 atom stereocenters. The highest BCUT2D eigenvalue weighted by molar-refractivity contribution is 5.66. The molecule has 2 aliphatic heterocycles. The van der Waals surface area contributed by atoms with Gasteiger partial charge in [0.25, 0.3) is 0 Å². The first-order valence-corrected chi connectivity index (χ1v) is 8.85. The predicted octanol–water partition coefficient (Wildman–Crippen LogP) is 2.06. The van der Waals surface area contributed by atoms with Crippen LogP contribution in [-0.2, 0) is 9.53 Å². The SMILES string of the molecule is CC1CN(CCC2CCN(CCCC(=O)O)CC2)CC(C)O1. The van der Waals surface area contributed by atoms with E-state index in [1.54, 1.807) is 0 Å². The third-order valence-corrected chi connectivity index (χ3v) is 4.92. The molecule has 0 aromatic rings. The Labute approximate surface area is 134 Å². The molecule has 0 saturated carbocycles. The third kappa shape index (κ3) is 6.23. The summed E-state index contributed by atoms with van der Waals surface area (Å²) in [5.41, 5.74) is 0. The molecule has 0 amide bonds. The fourth-order valence-corrected chi connectivity index (χ4v) is 3.78. The van der Waals surface area contributed by atoms with E-state index in [0.717, 1.165) is 45.1 Å². The third-order valence-electron chi connectivity index (χ3n) is 4.92. The molecule has 2 aliphatic rings. The zero-order valence-electron chi connectivity index (χ0n) is 14.2. The first-order chi connectivity index (χ1) is 10.5. The lowest BCUT2D eigenvalue weighted by molar-refractivity contribution is -0.137. The molecule has 0 aromatic carbocycles. The van der Waals surface area contributed by atoms with Gasteiger partial charge >= 0.3 is 5.97 Å². The average molecular weight is 312 g/mol. The second-order valence-electron chi connectivity index (χ2n) is 7.09. The number of carboxylic acids is 1. The van der Waals surface area contributed by atoms with Crippen LogP contribution in [0.4, 0.5) is 0 Å². The van der Waals surface area contributed by atoms with Crippen molar-refractivity contribution in [2.24, 2.45) is 5.92 Å². The van der Waals surface area contributed by atoms with Crippen LogP contribution in [0.3, 0.4) is 0 Å². The fraction of sp³-hybridized carbons (Fsp3) is 0.941. The Balaban J connectivity index is 1.58. The largest absolute Gasteiger partial charge is 0.481 e. The lowest BCUT2D eigenvalue weighted by Crippen LogP contribution is -2.46. The van der Waals surface area contributed by atoms with Gasteiger partial charge in [-0.3, -0.25) is 9.69 Å². The molecule has 5 nitrogen and oxygen atoms in total. The van der Waals surface area contributed by atoms with Crippen molar-refractivity contribution in [2.45, 2.75) is 58.2 Å². The number of piperidine rings is 1. The minimum Gasteiger partial charge on any atom is -0.481 e. The summed E-state index contributed by atoms with van der Waals surface area (Å²) in [6.07, 6.45) is 5.63. The van der Waals surface area contributed by atoms with Gasteiger partial charge in [0.15, 0.2) is 0 Å². The van der Waals surface area contributed by atoms with Gasteiger partial charge < -0.3 is 14.7 Å². The molecule has 22 heavy (non-hydrogen) atoms. The summed E-state index contributed by atoms with van der Waals surface area (Å²) in [5, 5.41) is 8.68. The Morgan fingerprint density at radius 1 is 1.09 bits per heavy atom. The van der Waals surface area contributed by atoms with E-state index >= 15 is 0 Å². The molecule has 2 fully saturated rings. The topological polar surface area (TPSA) is 53.0 Å². The Kier molecular flexibility index (Phi) is 7.12. The van der Waals surface area contributed by atoms with Crippen molar-refractivity contribution in [3.8, 4) is 0 Å². The molecule has 0 bridgehead atoms. The minimum absolute atomic E-state index is 0.299. The van der Waals surface area contributed by atoms with Crippen molar-refractivity contribution >= 4 is 5.97 Å². The number of likely N-dealkylation sites (tertiary alicyclic amines) is 1. The van der Waals surface area contributed by atoms with Crippen LogP contribution >= 0.6 is 0 Å². The first-order valence-electron chi connectivity index (χ1n) is 8.85. The Morgan fingerprint density at radius 3 is 2.32 bits per heavy atom.